The minimum Gasteiger partial charge on any atom is -0.479 e. The number of nitrogens with one attached hydrogen (secondary N) is 1. The number of hydrogen-bond donors (Lipinski definition) is 1. The quantitative estimate of drug-likeness (QED) is 0.896. The van der Waals surface area contributed by atoms with Gasteiger partial charge in [-0.3, -0.25) is 0 Å². The normalized spacial score (nSPS) is 9.78. The molecule has 0 aliphatic rings. The Morgan fingerprint density at radius 3 is 3.11 bits per heavy atom. The predicted molar refractivity (Wildman–Crippen MR) is 71.7 cm³/mol. The number of ether oxygens (including phenoxy) is 1. The van der Waals surface area contributed by atoms with E-state index >= 15 is 0 Å². The number of rotatable bonds is 5. The molecule has 2 aromatic rings. The van der Waals surface area contributed by atoms with E-state index in [2.05, 4.69) is 10.3 Å². The summed E-state index contributed by atoms with van der Waals surface area (Å²) in [5.74, 6) is 0.691. The molecule has 0 spiro atoms. The molecule has 5 heteroatoms. The van der Waals surface area contributed by atoms with Crippen LogP contribution in [0.2, 0.25) is 0 Å². The molecule has 0 saturated heterocycles. The second kappa shape index (κ2) is 6.03. The van der Waals surface area contributed by atoms with Crippen LogP contribution in [-0.2, 0) is 6.54 Å². The van der Waals surface area contributed by atoms with Crippen LogP contribution < -0.4 is 10.1 Å². The average Bonchev–Trinajstić information content (AvgIpc) is 2.80. The van der Waals surface area contributed by atoms with Crippen LogP contribution in [0.4, 0.5) is 5.69 Å². The molecule has 0 radical (unpaired) electrons. The van der Waals surface area contributed by atoms with Gasteiger partial charge in [0, 0.05) is 17.1 Å². The molecule has 0 saturated carbocycles. The fourth-order valence-electron chi connectivity index (χ4n) is 1.49. The molecule has 0 amide bonds. The molecule has 2 rings (SSSR count). The summed E-state index contributed by atoms with van der Waals surface area (Å²) >= 11 is 1.64. The van der Waals surface area contributed by atoms with E-state index in [0.717, 1.165) is 16.4 Å². The Kier molecular flexibility index (Phi) is 4.15. The lowest BCUT2D eigenvalue weighted by molar-refractivity contribution is 0.368. The molecule has 0 aliphatic carbocycles. The van der Waals surface area contributed by atoms with Gasteiger partial charge in [0.2, 0.25) is 0 Å². The van der Waals surface area contributed by atoms with Crippen molar-refractivity contribution in [3.63, 3.8) is 0 Å². The maximum Gasteiger partial charge on any atom is 0.174 e. The zero-order valence-electron chi connectivity index (χ0n) is 10.0. The Hall–Kier alpha value is -2.06. The number of hydrogen-bond acceptors (Lipinski definition) is 5. The first-order valence-electron chi connectivity index (χ1n) is 5.52. The standard InChI is InChI=1S/C13H13N3OS/c1-10-16-12(9-18-10)8-15-11-3-2-4-13(7-11)17-6-5-14/h2-4,7,9,15H,6,8H2,1H3. The van der Waals surface area contributed by atoms with Crippen molar-refractivity contribution in [1.29, 1.82) is 5.26 Å². The van der Waals surface area contributed by atoms with E-state index < -0.39 is 0 Å². The first kappa shape index (κ1) is 12.4. The Bertz CT molecular complexity index is 559. The smallest absolute Gasteiger partial charge is 0.174 e. The fraction of sp³-hybridized carbons (Fsp3) is 0.231. The Labute approximate surface area is 110 Å². The van der Waals surface area contributed by atoms with Crippen molar-refractivity contribution < 1.29 is 4.74 Å². The molecule has 1 heterocycles. The maximum atomic E-state index is 8.45. The maximum absolute atomic E-state index is 8.45. The van der Waals surface area contributed by atoms with Crippen molar-refractivity contribution in [2.75, 3.05) is 11.9 Å². The summed E-state index contributed by atoms with van der Waals surface area (Å²) in [7, 11) is 0. The van der Waals surface area contributed by atoms with Crippen molar-refractivity contribution in [3.8, 4) is 11.8 Å². The van der Waals surface area contributed by atoms with Crippen LogP contribution in [0.1, 0.15) is 10.7 Å². The number of nitrogens with zero attached hydrogens (tertiary/aromatic N) is 2. The van der Waals surface area contributed by atoms with Gasteiger partial charge < -0.3 is 10.1 Å². The molecule has 0 atom stereocenters. The Balaban J connectivity index is 1.95. The minimum absolute atomic E-state index is 0.0642. The molecular formula is C13H13N3OS. The van der Waals surface area contributed by atoms with E-state index in [4.69, 9.17) is 10.00 Å². The number of benzene rings is 1. The number of anilines is 1. The van der Waals surface area contributed by atoms with Crippen LogP contribution in [0.25, 0.3) is 0 Å². The van der Waals surface area contributed by atoms with E-state index in [-0.39, 0.29) is 6.61 Å². The molecule has 1 aromatic carbocycles. The summed E-state index contributed by atoms with van der Waals surface area (Å²) in [5, 5.41) is 14.8. The number of thiazole rings is 1. The van der Waals surface area contributed by atoms with Crippen LogP contribution in [0.3, 0.4) is 0 Å². The Morgan fingerprint density at radius 2 is 2.39 bits per heavy atom. The molecule has 18 heavy (non-hydrogen) atoms. The minimum atomic E-state index is 0.0642. The number of nitriles is 1. The van der Waals surface area contributed by atoms with Gasteiger partial charge in [0.05, 0.1) is 17.2 Å². The van der Waals surface area contributed by atoms with Crippen LogP contribution >= 0.6 is 11.3 Å². The van der Waals surface area contributed by atoms with Gasteiger partial charge in [0.1, 0.15) is 11.8 Å². The molecule has 0 bridgehead atoms. The number of aryl methyl sites for hydroxylation is 1. The highest BCUT2D eigenvalue weighted by molar-refractivity contribution is 7.09. The van der Waals surface area contributed by atoms with Gasteiger partial charge in [-0.1, -0.05) is 6.07 Å². The van der Waals surface area contributed by atoms with Gasteiger partial charge in [-0.05, 0) is 19.1 Å². The first-order valence-corrected chi connectivity index (χ1v) is 6.40. The van der Waals surface area contributed by atoms with E-state index in [1.54, 1.807) is 11.3 Å². The van der Waals surface area contributed by atoms with Gasteiger partial charge in [-0.2, -0.15) is 5.26 Å². The van der Waals surface area contributed by atoms with Crippen LogP contribution in [-0.4, -0.2) is 11.6 Å². The highest BCUT2D eigenvalue weighted by atomic mass is 32.1. The summed E-state index contributed by atoms with van der Waals surface area (Å²) in [4.78, 5) is 4.38. The summed E-state index contributed by atoms with van der Waals surface area (Å²) in [6.45, 7) is 2.74. The third kappa shape index (κ3) is 3.47. The molecule has 1 N–H and O–H groups in total. The molecule has 4 nitrogen and oxygen atoms in total. The highest BCUT2D eigenvalue weighted by Gasteiger charge is 2.00. The molecule has 1 aromatic heterocycles. The lowest BCUT2D eigenvalue weighted by Gasteiger charge is -2.07. The summed E-state index contributed by atoms with van der Waals surface area (Å²) in [6.07, 6.45) is 0. The van der Waals surface area contributed by atoms with Gasteiger partial charge in [0.25, 0.3) is 0 Å². The lowest BCUT2D eigenvalue weighted by Crippen LogP contribution is -2.00. The van der Waals surface area contributed by atoms with Crippen molar-refractivity contribution in [1.82, 2.24) is 4.98 Å². The Morgan fingerprint density at radius 1 is 1.50 bits per heavy atom. The van der Waals surface area contributed by atoms with E-state index in [1.165, 1.54) is 0 Å². The molecule has 0 fully saturated rings. The predicted octanol–water partition coefficient (Wildman–Crippen LogP) is 2.97. The molecular weight excluding hydrogens is 246 g/mol. The SMILES string of the molecule is Cc1nc(CNc2cccc(OCC#N)c2)cs1. The fourth-order valence-corrected chi connectivity index (χ4v) is 2.11. The lowest BCUT2D eigenvalue weighted by atomic mass is 10.3. The summed E-state index contributed by atoms with van der Waals surface area (Å²) in [5.41, 5.74) is 1.98. The monoisotopic (exact) mass is 259 g/mol. The molecule has 92 valence electrons. The second-order valence-corrected chi connectivity index (χ2v) is 4.75. The molecule has 0 aliphatic heterocycles. The third-order valence-corrected chi connectivity index (χ3v) is 3.10. The van der Waals surface area contributed by atoms with Crippen molar-refractivity contribution in [2.45, 2.75) is 13.5 Å². The van der Waals surface area contributed by atoms with Crippen molar-refractivity contribution in [3.05, 3.63) is 40.3 Å². The van der Waals surface area contributed by atoms with Gasteiger partial charge in [0.15, 0.2) is 6.61 Å². The van der Waals surface area contributed by atoms with Gasteiger partial charge in [-0.15, -0.1) is 11.3 Å². The van der Waals surface area contributed by atoms with Crippen LogP contribution in [0.15, 0.2) is 29.6 Å². The summed E-state index contributed by atoms with van der Waals surface area (Å²) in [6, 6.07) is 9.49. The zero-order chi connectivity index (χ0) is 12.8. The summed E-state index contributed by atoms with van der Waals surface area (Å²) < 4.78 is 5.24. The largest absolute Gasteiger partial charge is 0.479 e. The zero-order valence-corrected chi connectivity index (χ0v) is 10.8. The van der Waals surface area contributed by atoms with Gasteiger partial charge in [-0.25, -0.2) is 4.98 Å². The highest BCUT2D eigenvalue weighted by Crippen LogP contribution is 2.18. The second-order valence-electron chi connectivity index (χ2n) is 3.69. The first-order chi connectivity index (χ1) is 8.78. The van der Waals surface area contributed by atoms with E-state index in [9.17, 15) is 0 Å². The van der Waals surface area contributed by atoms with E-state index in [0.29, 0.717) is 12.3 Å². The van der Waals surface area contributed by atoms with Crippen LogP contribution in [0.5, 0.6) is 5.75 Å². The van der Waals surface area contributed by atoms with E-state index in [1.807, 2.05) is 42.6 Å². The van der Waals surface area contributed by atoms with Crippen molar-refractivity contribution >= 4 is 17.0 Å². The van der Waals surface area contributed by atoms with Gasteiger partial charge >= 0.3 is 0 Å². The van der Waals surface area contributed by atoms with Crippen LogP contribution in [0, 0.1) is 18.3 Å². The topological polar surface area (TPSA) is 57.9 Å². The third-order valence-electron chi connectivity index (χ3n) is 2.28. The molecule has 0 unspecified atom stereocenters. The number of aromatic nitrogens is 1. The average molecular weight is 259 g/mol. The van der Waals surface area contributed by atoms with Crippen molar-refractivity contribution in [2.24, 2.45) is 0 Å².